The topological polar surface area (TPSA) is 106 Å². The van der Waals surface area contributed by atoms with Gasteiger partial charge in [0.05, 0.1) is 6.10 Å². The Morgan fingerprint density at radius 1 is 1.50 bits per heavy atom. The van der Waals surface area contributed by atoms with Crippen LogP contribution in [0.5, 0.6) is 0 Å². The third-order valence-corrected chi connectivity index (χ3v) is 5.15. The van der Waals surface area contributed by atoms with Crippen LogP contribution in [0.2, 0.25) is 0 Å². The summed E-state index contributed by atoms with van der Waals surface area (Å²) in [6.07, 6.45) is 4.40. The van der Waals surface area contributed by atoms with Crippen LogP contribution in [0.1, 0.15) is 43.1 Å². The van der Waals surface area contributed by atoms with Crippen LogP contribution in [0.25, 0.3) is 0 Å². The normalized spacial score (nSPS) is 20.5. The molecule has 1 saturated heterocycles. The van der Waals surface area contributed by atoms with E-state index in [4.69, 9.17) is 9.84 Å². The van der Waals surface area contributed by atoms with Gasteiger partial charge < -0.3 is 9.84 Å². The Morgan fingerprint density at radius 2 is 2.27 bits per heavy atom. The second kappa shape index (κ2) is 7.17. The summed E-state index contributed by atoms with van der Waals surface area (Å²) in [4.78, 5) is 14.3. The molecule has 0 bridgehead atoms. The maximum Gasteiger partial charge on any atom is 0.354 e. The standard InChI is InChI=1S/C14H20N2O5S/c1-2-11(13-5-3-4-8-21-13)16-22(19,20)10-6-7-12(14(17)18)15-9-10/h6-7,9,11,13,16H,2-5,8H2,1H3,(H,17,18). The van der Waals surface area contributed by atoms with Crippen LogP contribution in [0, 0.1) is 0 Å². The molecule has 1 fully saturated rings. The zero-order valence-corrected chi connectivity index (χ0v) is 13.2. The second-order valence-electron chi connectivity index (χ2n) is 5.23. The van der Waals surface area contributed by atoms with E-state index in [1.54, 1.807) is 0 Å². The summed E-state index contributed by atoms with van der Waals surface area (Å²) < 4.78 is 33.0. The Morgan fingerprint density at radius 3 is 2.77 bits per heavy atom. The van der Waals surface area contributed by atoms with E-state index in [0.717, 1.165) is 25.5 Å². The number of carboxylic acid groups (broad SMARTS) is 1. The van der Waals surface area contributed by atoms with Gasteiger partial charge in [0.2, 0.25) is 10.0 Å². The Kier molecular flexibility index (Phi) is 5.49. The number of aromatic carboxylic acids is 1. The maximum absolute atomic E-state index is 12.4. The smallest absolute Gasteiger partial charge is 0.354 e. The molecule has 2 rings (SSSR count). The first-order chi connectivity index (χ1) is 10.4. The van der Waals surface area contributed by atoms with E-state index in [9.17, 15) is 13.2 Å². The molecule has 0 spiro atoms. The van der Waals surface area contributed by atoms with Gasteiger partial charge >= 0.3 is 5.97 Å². The number of carboxylic acids is 1. The van der Waals surface area contributed by atoms with Crippen molar-refractivity contribution >= 4 is 16.0 Å². The lowest BCUT2D eigenvalue weighted by Gasteiger charge is -2.30. The molecule has 0 amide bonds. The van der Waals surface area contributed by atoms with Crippen molar-refractivity contribution in [3.8, 4) is 0 Å². The lowest BCUT2D eigenvalue weighted by atomic mass is 10.0. The Bertz CT molecular complexity index is 609. The van der Waals surface area contributed by atoms with Gasteiger partial charge in [-0.25, -0.2) is 22.9 Å². The van der Waals surface area contributed by atoms with Gasteiger partial charge in [-0.3, -0.25) is 0 Å². The third kappa shape index (κ3) is 4.02. The van der Waals surface area contributed by atoms with Gasteiger partial charge in [-0.05, 0) is 37.8 Å². The molecule has 122 valence electrons. The molecular formula is C14H20N2O5S. The predicted molar refractivity (Wildman–Crippen MR) is 79.2 cm³/mol. The lowest BCUT2D eigenvalue weighted by molar-refractivity contribution is -0.00356. The summed E-state index contributed by atoms with van der Waals surface area (Å²) in [5.74, 6) is -1.20. The van der Waals surface area contributed by atoms with E-state index in [1.807, 2.05) is 6.92 Å². The Balaban J connectivity index is 2.12. The van der Waals surface area contributed by atoms with E-state index in [1.165, 1.54) is 12.1 Å². The van der Waals surface area contributed by atoms with E-state index in [-0.39, 0.29) is 22.7 Å². The molecule has 2 unspecified atom stereocenters. The molecular weight excluding hydrogens is 308 g/mol. The van der Waals surface area contributed by atoms with Crippen molar-refractivity contribution in [1.82, 2.24) is 9.71 Å². The Hall–Kier alpha value is -1.51. The first-order valence-corrected chi connectivity index (χ1v) is 8.75. The average Bonchev–Trinajstić information content (AvgIpc) is 2.53. The minimum atomic E-state index is -3.75. The number of rotatable bonds is 6. The second-order valence-corrected chi connectivity index (χ2v) is 6.94. The number of pyridine rings is 1. The van der Waals surface area contributed by atoms with Crippen LogP contribution in [0.4, 0.5) is 0 Å². The van der Waals surface area contributed by atoms with Gasteiger partial charge in [0, 0.05) is 18.8 Å². The van der Waals surface area contributed by atoms with E-state index >= 15 is 0 Å². The van der Waals surface area contributed by atoms with Crippen LogP contribution in [-0.2, 0) is 14.8 Å². The van der Waals surface area contributed by atoms with Gasteiger partial charge in [0.1, 0.15) is 10.6 Å². The SMILES string of the molecule is CCC(NS(=O)(=O)c1ccc(C(=O)O)nc1)C1CCCCO1. The largest absolute Gasteiger partial charge is 0.477 e. The molecule has 0 radical (unpaired) electrons. The zero-order valence-electron chi connectivity index (χ0n) is 12.4. The molecule has 2 N–H and O–H groups in total. The minimum absolute atomic E-state index is 0.0493. The average molecular weight is 328 g/mol. The van der Waals surface area contributed by atoms with Crippen LogP contribution in [0.3, 0.4) is 0 Å². The molecule has 1 aromatic rings. The summed E-state index contributed by atoms with van der Waals surface area (Å²) in [6.45, 7) is 2.55. The summed E-state index contributed by atoms with van der Waals surface area (Å²) >= 11 is 0. The van der Waals surface area contributed by atoms with Crippen LogP contribution in [0.15, 0.2) is 23.2 Å². The fourth-order valence-electron chi connectivity index (χ4n) is 2.44. The molecule has 1 aliphatic heterocycles. The highest BCUT2D eigenvalue weighted by Gasteiger charge is 2.28. The highest BCUT2D eigenvalue weighted by atomic mass is 32.2. The van der Waals surface area contributed by atoms with Crippen molar-refractivity contribution in [1.29, 1.82) is 0 Å². The minimum Gasteiger partial charge on any atom is -0.477 e. The quantitative estimate of drug-likeness (QED) is 0.818. The monoisotopic (exact) mass is 328 g/mol. The number of aromatic nitrogens is 1. The van der Waals surface area contributed by atoms with Crippen molar-refractivity contribution < 1.29 is 23.1 Å². The van der Waals surface area contributed by atoms with Gasteiger partial charge in [-0.15, -0.1) is 0 Å². The van der Waals surface area contributed by atoms with Crippen LogP contribution >= 0.6 is 0 Å². The molecule has 8 heteroatoms. The first kappa shape index (κ1) is 16.9. The molecule has 22 heavy (non-hydrogen) atoms. The molecule has 0 saturated carbocycles. The predicted octanol–water partition coefficient (Wildman–Crippen LogP) is 1.41. The number of ether oxygens (including phenoxy) is 1. The molecule has 0 aromatic carbocycles. The van der Waals surface area contributed by atoms with Crippen molar-refractivity contribution in [2.24, 2.45) is 0 Å². The molecule has 2 atom stereocenters. The Labute approximate surface area is 129 Å². The number of nitrogens with zero attached hydrogens (tertiary/aromatic N) is 1. The van der Waals surface area contributed by atoms with Crippen molar-refractivity contribution in [2.75, 3.05) is 6.61 Å². The van der Waals surface area contributed by atoms with Crippen molar-refractivity contribution in [3.05, 3.63) is 24.0 Å². The summed E-state index contributed by atoms with van der Waals surface area (Å²) in [6, 6.07) is 2.12. The number of hydrogen-bond acceptors (Lipinski definition) is 5. The van der Waals surface area contributed by atoms with Crippen LogP contribution < -0.4 is 4.72 Å². The van der Waals surface area contributed by atoms with Gasteiger partial charge in [-0.1, -0.05) is 6.92 Å². The van der Waals surface area contributed by atoms with Crippen LogP contribution in [-0.4, -0.2) is 43.2 Å². The fourth-order valence-corrected chi connectivity index (χ4v) is 3.73. The number of sulfonamides is 1. The fraction of sp³-hybridized carbons (Fsp3) is 0.571. The summed E-state index contributed by atoms with van der Waals surface area (Å²) in [7, 11) is -3.75. The van der Waals surface area contributed by atoms with Gasteiger partial charge in [0.25, 0.3) is 0 Å². The van der Waals surface area contributed by atoms with Gasteiger partial charge in [0.15, 0.2) is 0 Å². The lowest BCUT2D eigenvalue weighted by Crippen LogP contribution is -2.45. The highest BCUT2D eigenvalue weighted by molar-refractivity contribution is 7.89. The zero-order chi connectivity index (χ0) is 16.2. The molecule has 1 aromatic heterocycles. The summed E-state index contributed by atoms with van der Waals surface area (Å²) in [5, 5.41) is 8.79. The van der Waals surface area contributed by atoms with Crippen molar-refractivity contribution in [3.63, 3.8) is 0 Å². The number of nitrogens with one attached hydrogen (secondary N) is 1. The van der Waals surface area contributed by atoms with Crippen molar-refractivity contribution in [2.45, 2.75) is 49.6 Å². The first-order valence-electron chi connectivity index (χ1n) is 7.27. The van der Waals surface area contributed by atoms with E-state index < -0.39 is 16.0 Å². The summed E-state index contributed by atoms with van der Waals surface area (Å²) in [5.41, 5.74) is -0.193. The molecule has 2 heterocycles. The molecule has 7 nitrogen and oxygen atoms in total. The van der Waals surface area contributed by atoms with E-state index in [2.05, 4.69) is 9.71 Å². The highest BCUT2D eigenvalue weighted by Crippen LogP contribution is 2.19. The number of carbonyl (C=O) groups is 1. The maximum atomic E-state index is 12.4. The van der Waals surface area contributed by atoms with Gasteiger partial charge in [-0.2, -0.15) is 0 Å². The number of hydrogen-bond donors (Lipinski definition) is 2. The molecule has 1 aliphatic rings. The molecule has 0 aliphatic carbocycles. The third-order valence-electron chi connectivity index (χ3n) is 3.68. The van der Waals surface area contributed by atoms with E-state index in [0.29, 0.717) is 13.0 Å².